The third kappa shape index (κ3) is 4.65. The smallest absolute Gasteiger partial charge is 0.243 e. The Labute approximate surface area is 186 Å². The van der Waals surface area contributed by atoms with E-state index < -0.39 is 10.0 Å². The number of rotatable bonds is 7. The first-order valence-electron chi connectivity index (χ1n) is 9.85. The first kappa shape index (κ1) is 21.5. The van der Waals surface area contributed by atoms with Gasteiger partial charge in [-0.05, 0) is 30.3 Å². The standard InChI is InChI=1S/C21H24N4O4S2/c1-28-17-7-9-18(10-8-17)31(26,27)25-13-11-24(12-14-25)21-22-20(23-30-21)15-16-5-3-4-6-19(16)29-2/h3-10H,11-15H2,1-2H3. The van der Waals surface area contributed by atoms with Crippen molar-refractivity contribution in [3.8, 4) is 11.5 Å². The molecule has 4 rings (SSSR count). The molecule has 1 fully saturated rings. The van der Waals surface area contributed by atoms with Crippen LogP contribution in [-0.2, 0) is 16.4 Å². The molecule has 0 spiro atoms. The molecule has 10 heteroatoms. The van der Waals surface area contributed by atoms with Crippen LogP contribution in [0.1, 0.15) is 11.4 Å². The second kappa shape index (κ2) is 9.21. The van der Waals surface area contributed by atoms with Gasteiger partial charge in [-0.2, -0.15) is 8.68 Å². The molecule has 1 saturated heterocycles. The third-order valence-corrected chi connectivity index (χ3v) is 7.93. The first-order valence-corrected chi connectivity index (χ1v) is 12.1. The molecule has 164 valence electrons. The van der Waals surface area contributed by atoms with Crippen LogP contribution in [0, 0.1) is 0 Å². The van der Waals surface area contributed by atoms with Crippen LogP contribution in [0.3, 0.4) is 0 Å². The Morgan fingerprint density at radius 1 is 0.968 bits per heavy atom. The molecular formula is C21H24N4O4S2. The third-order valence-electron chi connectivity index (χ3n) is 5.20. The van der Waals surface area contributed by atoms with Crippen LogP contribution in [0.4, 0.5) is 5.13 Å². The largest absolute Gasteiger partial charge is 0.497 e. The molecule has 31 heavy (non-hydrogen) atoms. The van der Waals surface area contributed by atoms with Crippen molar-refractivity contribution in [3.05, 3.63) is 59.9 Å². The van der Waals surface area contributed by atoms with Gasteiger partial charge in [-0.15, -0.1) is 0 Å². The van der Waals surface area contributed by atoms with E-state index in [0.717, 1.165) is 22.3 Å². The fourth-order valence-corrected chi connectivity index (χ4v) is 5.64. The maximum atomic E-state index is 12.9. The van der Waals surface area contributed by atoms with Gasteiger partial charge in [0.2, 0.25) is 15.2 Å². The SMILES string of the molecule is COc1ccc(S(=O)(=O)N2CCN(c3nc(Cc4ccccc4OC)ns3)CC2)cc1. The monoisotopic (exact) mass is 460 g/mol. The summed E-state index contributed by atoms with van der Waals surface area (Å²) < 4.78 is 42.4. The predicted molar refractivity (Wildman–Crippen MR) is 120 cm³/mol. The number of para-hydroxylation sites is 1. The summed E-state index contributed by atoms with van der Waals surface area (Å²) in [5, 5.41) is 0.811. The van der Waals surface area contributed by atoms with Crippen molar-refractivity contribution in [2.75, 3.05) is 45.3 Å². The number of nitrogens with zero attached hydrogens (tertiary/aromatic N) is 4. The minimum absolute atomic E-state index is 0.275. The second-order valence-electron chi connectivity index (χ2n) is 7.05. The number of ether oxygens (including phenoxy) is 2. The Bertz CT molecular complexity index is 1120. The average Bonchev–Trinajstić information content (AvgIpc) is 3.28. The highest BCUT2D eigenvalue weighted by molar-refractivity contribution is 7.89. The number of sulfonamides is 1. The maximum Gasteiger partial charge on any atom is 0.243 e. The van der Waals surface area contributed by atoms with Crippen molar-refractivity contribution in [1.82, 2.24) is 13.7 Å². The molecule has 0 saturated carbocycles. The molecule has 2 aromatic carbocycles. The molecule has 0 atom stereocenters. The van der Waals surface area contributed by atoms with Crippen LogP contribution in [0.5, 0.6) is 11.5 Å². The number of methoxy groups -OCH3 is 2. The van der Waals surface area contributed by atoms with Crippen LogP contribution >= 0.6 is 11.5 Å². The molecule has 1 aromatic heterocycles. The average molecular weight is 461 g/mol. The fourth-order valence-electron chi connectivity index (χ4n) is 3.48. The number of benzene rings is 2. The first-order chi connectivity index (χ1) is 15.0. The minimum atomic E-state index is -3.53. The molecule has 2 heterocycles. The topological polar surface area (TPSA) is 84.9 Å². The summed E-state index contributed by atoms with van der Waals surface area (Å²) in [5.41, 5.74) is 1.03. The lowest BCUT2D eigenvalue weighted by Gasteiger charge is -2.33. The van der Waals surface area contributed by atoms with Crippen LogP contribution in [-0.4, -0.2) is 62.5 Å². The molecule has 0 radical (unpaired) electrons. The molecule has 8 nitrogen and oxygen atoms in total. The van der Waals surface area contributed by atoms with Gasteiger partial charge >= 0.3 is 0 Å². The van der Waals surface area contributed by atoms with Gasteiger partial charge in [0.05, 0.1) is 19.1 Å². The van der Waals surface area contributed by atoms with Crippen LogP contribution in [0.2, 0.25) is 0 Å². The Kier molecular flexibility index (Phi) is 6.40. The summed E-state index contributed by atoms with van der Waals surface area (Å²) >= 11 is 1.34. The van der Waals surface area contributed by atoms with Crippen LogP contribution in [0.15, 0.2) is 53.4 Å². The minimum Gasteiger partial charge on any atom is -0.497 e. The van der Waals surface area contributed by atoms with Crippen LogP contribution in [0.25, 0.3) is 0 Å². The van der Waals surface area contributed by atoms with Gasteiger partial charge < -0.3 is 14.4 Å². The van der Waals surface area contributed by atoms with Gasteiger partial charge in [0.15, 0.2) is 0 Å². The summed E-state index contributed by atoms with van der Waals surface area (Å²) in [5.74, 6) is 2.18. The predicted octanol–water partition coefficient (Wildman–Crippen LogP) is 2.66. The van der Waals surface area contributed by atoms with E-state index in [-0.39, 0.29) is 4.90 Å². The van der Waals surface area contributed by atoms with Gasteiger partial charge in [0, 0.05) is 49.7 Å². The molecule has 3 aromatic rings. The number of hydrogen-bond acceptors (Lipinski definition) is 8. The Hall–Kier alpha value is -2.69. The number of anilines is 1. The van der Waals surface area contributed by atoms with E-state index in [4.69, 9.17) is 9.47 Å². The Balaban J connectivity index is 1.40. The molecule has 0 unspecified atom stereocenters. The molecule has 0 amide bonds. The zero-order valence-corrected chi connectivity index (χ0v) is 19.0. The van der Waals surface area contributed by atoms with Crippen molar-refractivity contribution < 1.29 is 17.9 Å². The van der Waals surface area contributed by atoms with Crippen molar-refractivity contribution in [3.63, 3.8) is 0 Å². The van der Waals surface area contributed by atoms with E-state index in [1.807, 2.05) is 24.3 Å². The maximum absolute atomic E-state index is 12.9. The Morgan fingerprint density at radius 3 is 2.35 bits per heavy atom. The summed E-state index contributed by atoms with van der Waals surface area (Å²) in [6.45, 7) is 1.93. The van der Waals surface area contributed by atoms with E-state index in [9.17, 15) is 8.42 Å². The lowest BCUT2D eigenvalue weighted by atomic mass is 10.1. The van der Waals surface area contributed by atoms with Crippen molar-refractivity contribution >= 4 is 26.7 Å². The van der Waals surface area contributed by atoms with E-state index >= 15 is 0 Å². The molecule has 0 aliphatic carbocycles. The lowest BCUT2D eigenvalue weighted by Crippen LogP contribution is -2.48. The summed E-state index contributed by atoms with van der Waals surface area (Å²) in [6.07, 6.45) is 0.590. The van der Waals surface area contributed by atoms with E-state index in [0.29, 0.717) is 38.3 Å². The van der Waals surface area contributed by atoms with Gasteiger partial charge in [-0.25, -0.2) is 13.4 Å². The molecular weight excluding hydrogens is 436 g/mol. The molecule has 1 aliphatic rings. The zero-order chi connectivity index (χ0) is 21.8. The van der Waals surface area contributed by atoms with Crippen molar-refractivity contribution in [1.29, 1.82) is 0 Å². The second-order valence-corrected chi connectivity index (χ2v) is 9.72. The number of piperazine rings is 1. The Morgan fingerprint density at radius 2 is 1.68 bits per heavy atom. The normalized spacial score (nSPS) is 15.1. The van der Waals surface area contributed by atoms with Crippen LogP contribution < -0.4 is 14.4 Å². The zero-order valence-electron chi connectivity index (χ0n) is 17.4. The lowest BCUT2D eigenvalue weighted by molar-refractivity contribution is 0.384. The molecule has 0 N–H and O–H groups in total. The van der Waals surface area contributed by atoms with E-state index in [1.165, 1.54) is 15.8 Å². The highest BCUT2D eigenvalue weighted by atomic mass is 32.2. The summed E-state index contributed by atoms with van der Waals surface area (Å²) in [4.78, 5) is 7.03. The van der Waals surface area contributed by atoms with E-state index in [1.54, 1.807) is 38.5 Å². The van der Waals surface area contributed by atoms with Crippen molar-refractivity contribution in [2.24, 2.45) is 0 Å². The highest BCUT2D eigenvalue weighted by Crippen LogP contribution is 2.26. The van der Waals surface area contributed by atoms with Gasteiger partial charge in [-0.3, -0.25) is 0 Å². The number of hydrogen-bond donors (Lipinski definition) is 0. The highest BCUT2D eigenvalue weighted by Gasteiger charge is 2.29. The van der Waals surface area contributed by atoms with Gasteiger partial charge in [0.1, 0.15) is 17.3 Å². The quantitative estimate of drug-likeness (QED) is 0.536. The molecule has 1 aliphatic heterocycles. The fraction of sp³-hybridized carbons (Fsp3) is 0.333. The molecule has 0 bridgehead atoms. The summed E-state index contributed by atoms with van der Waals surface area (Å²) in [7, 11) is -0.327. The van der Waals surface area contributed by atoms with Gasteiger partial charge in [0.25, 0.3) is 0 Å². The number of aromatic nitrogens is 2. The summed E-state index contributed by atoms with van der Waals surface area (Å²) in [6, 6.07) is 14.3. The van der Waals surface area contributed by atoms with Crippen molar-refractivity contribution in [2.45, 2.75) is 11.3 Å². The van der Waals surface area contributed by atoms with E-state index in [2.05, 4.69) is 14.3 Å². The van der Waals surface area contributed by atoms with Gasteiger partial charge in [-0.1, -0.05) is 18.2 Å².